The molecule has 0 unspecified atom stereocenters. The molecule has 7 nitrogen and oxygen atoms in total. The zero-order chi connectivity index (χ0) is 23.4. The number of hydrogen-bond donors (Lipinski definition) is 2. The van der Waals surface area contributed by atoms with Crippen molar-refractivity contribution in [2.75, 3.05) is 41.8 Å². The van der Waals surface area contributed by atoms with Crippen LogP contribution in [0.2, 0.25) is 5.02 Å². The molecule has 0 radical (unpaired) electrons. The minimum atomic E-state index is -2.82. The molecule has 0 bridgehead atoms. The van der Waals surface area contributed by atoms with Crippen molar-refractivity contribution < 1.29 is 13.2 Å². The normalized spacial score (nSPS) is 19.8. The maximum atomic E-state index is 12.9. The van der Waals surface area contributed by atoms with Gasteiger partial charge in [-0.25, -0.2) is 13.4 Å². The van der Waals surface area contributed by atoms with E-state index in [1.807, 2.05) is 19.1 Å². The molecule has 9 heteroatoms. The summed E-state index contributed by atoms with van der Waals surface area (Å²) in [6.07, 6.45) is 5.33. The van der Waals surface area contributed by atoms with Crippen molar-refractivity contribution in [2.24, 2.45) is 5.92 Å². The van der Waals surface area contributed by atoms with Crippen molar-refractivity contribution in [3.05, 3.63) is 52.7 Å². The van der Waals surface area contributed by atoms with Gasteiger partial charge in [-0.1, -0.05) is 17.7 Å². The molecule has 33 heavy (non-hydrogen) atoms. The first-order chi connectivity index (χ1) is 15.8. The fourth-order valence-electron chi connectivity index (χ4n) is 4.60. The molecule has 1 aromatic heterocycles. The average Bonchev–Trinajstić information content (AvgIpc) is 2.80. The molecule has 2 fully saturated rings. The molecule has 178 valence electrons. The summed E-state index contributed by atoms with van der Waals surface area (Å²) < 4.78 is 23.4. The SMILES string of the molecule is Cc1ccc(NC(=O)c2cc(Cl)ccc2NCC2CCN(C3CCS(=O)(=O)CC3)CC2)nc1. The highest BCUT2D eigenvalue weighted by atomic mass is 35.5. The minimum Gasteiger partial charge on any atom is -0.384 e. The number of aromatic nitrogens is 1. The lowest BCUT2D eigenvalue weighted by molar-refractivity contribution is 0.102. The molecule has 2 aromatic rings. The van der Waals surface area contributed by atoms with E-state index in [0.717, 1.165) is 56.6 Å². The first kappa shape index (κ1) is 24.0. The van der Waals surface area contributed by atoms with Crippen LogP contribution >= 0.6 is 11.6 Å². The van der Waals surface area contributed by atoms with Gasteiger partial charge in [0, 0.05) is 29.5 Å². The number of hydrogen-bond acceptors (Lipinski definition) is 6. The van der Waals surface area contributed by atoms with Gasteiger partial charge in [0.15, 0.2) is 0 Å². The van der Waals surface area contributed by atoms with Crippen LogP contribution in [0.15, 0.2) is 36.5 Å². The highest BCUT2D eigenvalue weighted by molar-refractivity contribution is 7.91. The smallest absolute Gasteiger partial charge is 0.258 e. The van der Waals surface area contributed by atoms with E-state index in [4.69, 9.17) is 11.6 Å². The predicted octanol–water partition coefficient (Wildman–Crippen LogP) is 4.00. The van der Waals surface area contributed by atoms with Gasteiger partial charge in [0.05, 0.1) is 17.1 Å². The number of benzene rings is 1. The van der Waals surface area contributed by atoms with Gasteiger partial charge in [0.25, 0.3) is 5.91 Å². The Morgan fingerprint density at radius 2 is 1.85 bits per heavy atom. The molecular weight excluding hydrogens is 460 g/mol. The largest absolute Gasteiger partial charge is 0.384 e. The Morgan fingerprint density at radius 1 is 1.12 bits per heavy atom. The van der Waals surface area contributed by atoms with Crippen LogP contribution in [0.5, 0.6) is 0 Å². The standard InChI is InChI=1S/C24H31ClN4O3S/c1-17-2-5-23(27-15-17)28-24(30)21-14-19(25)3-4-22(21)26-16-18-6-10-29(11-7-18)20-8-12-33(31,32)13-9-20/h2-5,14-15,18,20,26H,6-13,16H2,1H3,(H,27,28,30). The number of piperidine rings is 1. The van der Waals surface area contributed by atoms with Crippen LogP contribution in [0.3, 0.4) is 0 Å². The Labute approximate surface area is 200 Å². The Hall–Kier alpha value is -2.16. The third kappa shape index (κ3) is 6.46. The summed E-state index contributed by atoms with van der Waals surface area (Å²) >= 11 is 6.17. The predicted molar refractivity (Wildman–Crippen MR) is 133 cm³/mol. The number of rotatable bonds is 6. The molecule has 2 saturated heterocycles. The molecule has 1 amide bonds. The minimum absolute atomic E-state index is 0.251. The van der Waals surface area contributed by atoms with Crippen LogP contribution in [0.1, 0.15) is 41.6 Å². The van der Waals surface area contributed by atoms with Crippen molar-refractivity contribution in [1.82, 2.24) is 9.88 Å². The van der Waals surface area contributed by atoms with Crippen molar-refractivity contribution in [3.8, 4) is 0 Å². The molecule has 0 spiro atoms. The van der Waals surface area contributed by atoms with Crippen LogP contribution in [-0.2, 0) is 9.84 Å². The van der Waals surface area contributed by atoms with Gasteiger partial charge in [0.1, 0.15) is 15.7 Å². The second kappa shape index (κ2) is 10.4. The molecule has 0 atom stereocenters. The van der Waals surface area contributed by atoms with Gasteiger partial charge >= 0.3 is 0 Å². The van der Waals surface area contributed by atoms with E-state index in [0.29, 0.717) is 39.9 Å². The number of carbonyl (C=O) groups is 1. The van der Waals surface area contributed by atoms with Gasteiger partial charge in [-0.15, -0.1) is 0 Å². The zero-order valence-electron chi connectivity index (χ0n) is 18.9. The van der Waals surface area contributed by atoms with E-state index in [-0.39, 0.29) is 5.91 Å². The summed E-state index contributed by atoms with van der Waals surface area (Å²) in [5.41, 5.74) is 2.27. The number of likely N-dealkylation sites (tertiary alicyclic amines) is 1. The molecule has 2 aliphatic heterocycles. The highest BCUT2D eigenvalue weighted by Gasteiger charge is 2.30. The molecular formula is C24H31ClN4O3S. The maximum Gasteiger partial charge on any atom is 0.258 e. The van der Waals surface area contributed by atoms with Gasteiger partial charge in [-0.3, -0.25) is 4.79 Å². The topological polar surface area (TPSA) is 91.4 Å². The summed E-state index contributed by atoms with van der Waals surface area (Å²) in [6.45, 7) is 4.70. The molecule has 3 heterocycles. The Balaban J connectivity index is 1.31. The second-order valence-corrected chi connectivity index (χ2v) is 11.8. The van der Waals surface area contributed by atoms with E-state index in [1.54, 1.807) is 24.4 Å². The summed E-state index contributed by atoms with van der Waals surface area (Å²) in [4.78, 5) is 19.6. The van der Waals surface area contributed by atoms with Gasteiger partial charge in [-0.2, -0.15) is 0 Å². The van der Waals surface area contributed by atoms with E-state index in [2.05, 4.69) is 20.5 Å². The van der Waals surface area contributed by atoms with Gasteiger partial charge in [-0.05, 0) is 81.4 Å². The average molecular weight is 491 g/mol. The third-order valence-electron chi connectivity index (χ3n) is 6.65. The number of aryl methyl sites for hydroxylation is 1. The first-order valence-electron chi connectivity index (χ1n) is 11.5. The summed E-state index contributed by atoms with van der Waals surface area (Å²) in [5, 5.41) is 6.80. The number of anilines is 2. The number of pyridine rings is 1. The molecule has 0 saturated carbocycles. The van der Waals surface area contributed by atoms with Crippen molar-refractivity contribution in [1.29, 1.82) is 0 Å². The van der Waals surface area contributed by atoms with Gasteiger partial charge < -0.3 is 15.5 Å². The number of sulfone groups is 1. The number of halogens is 1. The fourth-order valence-corrected chi connectivity index (χ4v) is 6.24. The molecule has 1 aromatic carbocycles. The van der Waals surface area contributed by atoms with Crippen LogP contribution in [0.4, 0.5) is 11.5 Å². The van der Waals surface area contributed by atoms with E-state index in [1.165, 1.54) is 0 Å². The highest BCUT2D eigenvalue weighted by Crippen LogP contribution is 2.27. The second-order valence-electron chi connectivity index (χ2n) is 9.11. The van der Waals surface area contributed by atoms with Crippen LogP contribution in [-0.4, -0.2) is 61.4 Å². The zero-order valence-corrected chi connectivity index (χ0v) is 20.5. The third-order valence-corrected chi connectivity index (χ3v) is 8.60. The first-order valence-corrected chi connectivity index (χ1v) is 13.7. The van der Waals surface area contributed by atoms with Crippen LogP contribution in [0.25, 0.3) is 0 Å². The molecule has 4 rings (SSSR count). The maximum absolute atomic E-state index is 12.9. The number of nitrogens with zero attached hydrogens (tertiary/aromatic N) is 2. The molecule has 0 aliphatic carbocycles. The number of nitrogens with one attached hydrogen (secondary N) is 2. The summed E-state index contributed by atoms with van der Waals surface area (Å²) in [6, 6.07) is 9.37. The van der Waals surface area contributed by atoms with Crippen LogP contribution < -0.4 is 10.6 Å². The van der Waals surface area contributed by atoms with Crippen LogP contribution in [0, 0.1) is 12.8 Å². The lowest BCUT2D eigenvalue weighted by atomic mass is 9.94. The Morgan fingerprint density at radius 3 is 2.52 bits per heavy atom. The number of amides is 1. The van der Waals surface area contributed by atoms with E-state index < -0.39 is 9.84 Å². The van der Waals surface area contributed by atoms with Crippen molar-refractivity contribution >= 4 is 38.9 Å². The summed E-state index contributed by atoms with van der Waals surface area (Å²) in [5.74, 6) is 1.38. The van der Waals surface area contributed by atoms with Gasteiger partial charge in [0.2, 0.25) is 0 Å². The number of carbonyl (C=O) groups excluding carboxylic acids is 1. The lowest BCUT2D eigenvalue weighted by Crippen LogP contribution is -2.46. The Bertz CT molecular complexity index is 1070. The Kier molecular flexibility index (Phi) is 7.56. The van der Waals surface area contributed by atoms with E-state index >= 15 is 0 Å². The van der Waals surface area contributed by atoms with Crippen molar-refractivity contribution in [2.45, 2.75) is 38.6 Å². The van der Waals surface area contributed by atoms with Crippen molar-refractivity contribution in [3.63, 3.8) is 0 Å². The fraction of sp³-hybridized carbons (Fsp3) is 0.500. The lowest BCUT2D eigenvalue weighted by Gasteiger charge is -2.39. The summed E-state index contributed by atoms with van der Waals surface area (Å²) in [7, 11) is -2.82. The molecule has 2 N–H and O–H groups in total. The molecule has 2 aliphatic rings. The quantitative estimate of drug-likeness (QED) is 0.636. The van der Waals surface area contributed by atoms with E-state index in [9.17, 15) is 13.2 Å². The monoisotopic (exact) mass is 490 g/mol.